The van der Waals surface area contributed by atoms with Crippen LogP contribution in [0.4, 0.5) is 0 Å². The molecule has 82 valence electrons. The lowest BCUT2D eigenvalue weighted by Gasteiger charge is -2.00. The fourth-order valence-electron chi connectivity index (χ4n) is 1.52. The fourth-order valence-corrected chi connectivity index (χ4v) is 1.52. The summed E-state index contributed by atoms with van der Waals surface area (Å²) in [4.78, 5) is 18.5. The number of carboxylic acids is 1. The van der Waals surface area contributed by atoms with E-state index in [1.54, 1.807) is 0 Å². The molecule has 3 nitrogen and oxygen atoms in total. The first kappa shape index (κ1) is 11.9. The number of hydrogen-bond donors (Lipinski definition) is 1. The maximum atomic E-state index is 10.5. The highest BCUT2D eigenvalue weighted by Crippen LogP contribution is 2.15. The third-order valence-corrected chi connectivity index (χ3v) is 2.17. The van der Waals surface area contributed by atoms with Crippen LogP contribution in [-0.2, 0) is 16.0 Å². The SMILES string of the molecule is C=O.O=C(O)Cc1ccc2ccccc2c1. The minimum absolute atomic E-state index is 0.0881. The highest BCUT2D eigenvalue weighted by Gasteiger charge is 2.00. The zero-order chi connectivity index (χ0) is 12.0. The van der Waals surface area contributed by atoms with Crippen LogP contribution in [0.1, 0.15) is 5.56 Å². The summed E-state index contributed by atoms with van der Waals surface area (Å²) in [5.41, 5.74) is 0.844. The second-order valence-electron chi connectivity index (χ2n) is 3.25. The van der Waals surface area contributed by atoms with E-state index in [2.05, 4.69) is 0 Å². The average molecular weight is 216 g/mol. The Hall–Kier alpha value is -2.16. The quantitative estimate of drug-likeness (QED) is 0.837. The third kappa shape index (κ3) is 2.92. The molecule has 0 heterocycles. The van der Waals surface area contributed by atoms with Crippen LogP contribution in [0.25, 0.3) is 10.8 Å². The summed E-state index contributed by atoms with van der Waals surface area (Å²) in [6, 6.07) is 13.7. The van der Waals surface area contributed by atoms with Crippen molar-refractivity contribution in [3.05, 3.63) is 48.0 Å². The van der Waals surface area contributed by atoms with Gasteiger partial charge in [0.25, 0.3) is 0 Å². The van der Waals surface area contributed by atoms with E-state index in [1.807, 2.05) is 49.3 Å². The minimum Gasteiger partial charge on any atom is -0.481 e. The molecular formula is C13H12O3. The molecule has 2 aromatic carbocycles. The van der Waals surface area contributed by atoms with Gasteiger partial charge in [0.1, 0.15) is 6.79 Å². The number of benzene rings is 2. The standard InChI is InChI=1S/C12H10O2.CH2O/c13-12(14)8-9-5-6-10-3-1-2-4-11(10)7-9;1-2/h1-7H,8H2,(H,13,14);1H2. The van der Waals surface area contributed by atoms with Crippen LogP contribution < -0.4 is 0 Å². The van der Waals surface area contributed by atoms with Crippen molar-refractivity contribution in [3.8, 4) is 0 Å². The Kier molecular flexibility index (Phi) is 4.21. The second-order valence-corrected chi connectivity index (χ2v) is 3.25. The molecule has 0 atom stereocenters. The molecule has 0 saturated heterocycles. The van der Waals surface area contributed by atoms with Gasteiger partial charge in [-0.1, -0.05) is 42.5 Å². The van der Waals surface area contributed by atoms with Crippen LogP contribution in [0.2, 0.25) is 0 Å². The van der Waals surface area contributed by atoms with E-state index < -0.39 is 5.97 Å². The van der Waals surface area contributed by atoms with Crippen LogP contribution in [0.5, 0.6) is 0 Å². The van der Waals surface area contributed by atoms with Gasteiger partial charge in [-0.05, 0) is 16.3 Å². The maximum absolute atomic E-state index is 10.5. The van der Waals surface area contributed by atoms with E-state index >= 15 is 0 Å². The van der Waals surface area contributed by atoms with E-state index in [0.717, 1.165) is 16.3 Å². The molecule has 0 aliphatic heterocycles. The van der Waals surface area contributed by atoms with E-state index in [0.29, 0.717) is 0 Å². The minimum atomic E-state index is -0.791. The van der Waals surface area contributed by atoms with Crippen molar-refractivity contribution >= 4 is 23.5 Å². The summed E-state index contributed by atoms with van der Waals surface area (Å²) in [5, 5.41) is 10.9. The fraction of sp³-hybridized carbons (Fsp3) is 0.0769. The van der Waals surface area contributed by atoms with Gasteiger partial charge in [0.05, 0.1) is 6.42 Å². The van der Waals surface area contributed by atoms with Crippen LogP contribution in [0.3, 0.4) is 0 Å². The van der Waals surface area contributed by atoms with E-state index in [4.69, 9.17) is 9.90 Å². The van der Waals surface area contributed by atoms with Gasteiger partial charge in [-0.15, -0.1) is 0 Å². The van der Waals surface area contributed by atoms with Crippen molar-refractivity contribution in [3.63, 3.8) is 0 Å². The molecule has 1 N–H and O–H groups in total. The molecule has 0 fully saturated rings. The normalized spacial score (nSPS) is 9.25. The monoisotopic (exact) mass is 216 g/mol. The van der Waals surface area contributed by atoms with Crippen molar-refractivity contribution in [2.24, 2.45) is 0 Å². The molecule has 0 spiro atoms. The summed E-state index contributed by atoms with van der Waals surface area (Å²) in [7, 11) is 0. The molecule has 0 unspecified atom stereocenters. The summed E-state index contributed by atoms with van der Waals surface area (Å²) >= 11 is 0. The zero-order valence-electron chi connectivity index (χ0n) is 8.72. The Bertz CT molecular complexity index is 491. The van der Waals surface area contributed by atoms with Crippen molar-refractivity contribution in [1.82, 2.24) is 0 Å². The van der Waals surface area contributed by atoms with E-state index in [9.17, 15) is 4.79 Å². The zero-order valence-corrected chi connectivity index (χ0v) is 8.72. The molecule has 2 aromatic rings. The molecule has 0 aliphatic rings. The number of rotatable bonds is 2. The van der Waals surface area contributed by atoms with Gasteiger partial charge in [0, 0.05) is 0 Å². The van der Waals surface area contributed by atoms with Crippen molar-refractivity contribution in [2.75, 3.05) is 0 Å². The second kappa shape index (κ2) is 5.66. The van der Waals surface area contributed by atoms with Gasteiger partial charge < -0.3 is 9.90 Å². The Labute approximate surface area is 93.3 Å². The van der Waals surface area contributed by atoms with Crippen LogP contribution in [0.15, 0.2) is 42.5 Å². The van der Waals surface area contributed by atoms with Crippen molar-refractivity contribution in [1.29, 1.82) is 0 Å². The van der Waals surface area contributed by atoms with Gasteiger partial charge in [-0.3, -0.25) is 4.79 Å². The molecule has 3 heteroatoms. The number of aliphatic carboxylic acids is 1. The van der Waals surface area contributed by atoms with Gasteiger partial charge in [-0.2, -0.15) is 0 Å². The lowest BCUT2D eigenvalue weighted by molar-refractivity contribution is -0.136. The van der Waals surface area contributed by atoms with Crippen molar-refractivity contribution < 1.29 is 14.7 Å². The topological polar surface area (TPSA) is 54.4 Å². The highest BCUT2D eigenvalue weighted by molar-refractivity contribution is 5.84. The maximum Gasteiger partial charge on any atom is 0.307 e. The largest absolute Gasteiger partial charge is 0.481 e. The van der Waals surface area contributed by atoms with Gasteiger partial charge in [-0.25, -0.2) is 0 Å². The van der Waals surface area contributed by atoms with Gasteiger partial charge >= 0.3 is 5.97 Å². The molecule has 0 amide bonds. The highest BCUT2D eigenvalue weighted by atomic mass is 16.4. The lowest BCUT2D eigenvalue weighted by atomic mass is 10.1. The molecule has 2 rings (SSSR count). The molecule has 0 aliphatic carbocycles. The van der Waals surface area contributed by atoms with Crippen LogP contribution in [0, 0.1) is 0 Å². The Morgan fingerprint density at radius 1 is 1.06 bits per heavy atom. The number of hydrogen-bond acceptors (Lipinski definition) is 2. The Morgan fingerprint density at radius 3 is 2.31 bits per heavy atom. The third-order valence-electron chi connectivity index (χ3n) is 2.17. The number of fused-ring (bicyclic) bond motifs is 1. The van der Waals surface area contributed by atoms with Gasteiger partial charge in [0.15, 0.2) is 0 Å². The average Bonchev–Trinajstić information content (AvgIpc) is 2.31. The summed E-state index contributed by atoms with van der Waals surface area (Å²) < 4.78 is 0. The first-order valence-electron chi connectivity index (χ1n) is 4.74. The van der Waals surface area contributed by atoms with Crippen LogP contribution in [-0.4, -0.2) is 17.9 Å². The molecule has 0 aromatic heterocycles. The number of carbonyl (C=O) groups excluding carboxylic acids is 1. The van der Waals surface area contributed by atoms with E-state index in [-0.39, 0.29) is 6.42 Å². The Balaban J connectivity index is 0.000000606. The van der Waals surface area contributed by atoms with Crippen molar-refractivity contribution in [2.45, 2.75) is 6.42 Å². The summed E-state index contributed by atoms with van der Waals surface area (Å²) in [6.07, 6.45) is 0.0881. The summed E-state index contributed by atoms with van der Waals surface area (Å²) in [6.45, 7) is 2.00. The molecule has 0 radical (unpaired) electrons. The molecule has 0 bridgehead atoms. The molecule has 16 heavy (non-hydrogen) atoms. The number of carboxylic acid groups (broad SMARTS) is 1. The van der Waals surface area contributed by atoms with E-state index in [1.165, 1.54) is 0 Å². The van der Waals surface area contributed by atoms with Crippen LogP contribution >= 0.6 is 0 Å². The molecular weight excluding hydrogens is 204 g/mol. The number of carbonyl (C=O) groups is 2. The summed E-state index contributed by atoms with van der Waals surface area (Å²) in [5.74, 6) is -0.791. The molecule has 0 saturated carbocycles. The first-order valence-corrected chi connectivity index (χ1v) is 4.74. The smallest absolute Gasteiger partial charge is 0.307 e. The lowest BCUT2D eigenvalue weighted by Crippen LogP contribution is -1.99. The first-order chi connectivity index (χ1) is 7.75. The predicted molar refractivity (Wildman–Crippen MR) is 62.4 cm³/mol. The predicted octanol–water partition coefficient (Wildman–Crippen LogP) is 2.28. The Morgan fingerprint density at radius 2 is 1.69 bits per heavy atom. The van der Waals surface area contributed by atoms with Gasteiger partial charge in [0.2, 0.25) is 0 Å².